The first-order valence-electron chi connectivity index (χ1n) is 9.22. The van der Waals surface area contributed by atoms with E-state index >= 15 is 0 Å². The zero-order chi connectivity index (χ0) is 20.8. The summed E-state index contributed by atoms with van der Waals surface area (Å²) in [6, 6.07) is 20.4. The number of nitrogens with zero attached hydrogens (tertiary/aromatic N) is 2. The first-order valence-corrected chi connectivity index (χ1v) is 10.4. The van der Waals surface area contributed by atoms with Gasteiger partial charge in [-0.3, -0.25) is 14.8 Å². The van der Waals surface area contributed by atoms with Crippen LogP contribution in [0.1, 0.15) is 27.7 Å². The molecular formula is C23H14BrClFN3O. The van der Waals surface area contributed by atoms with Gasteiger partial charge in [-0.15, -0.1) is 0 Å². The number of amides is 1. The summed E-state index contributed by atoms with van der Waals surface area (Å²) in [5.74, 6) is -0.651. The van der Waals surface area contributed by atoms with E-state index in [-0.39, 0.29) is 11.7 Å². The van der Waals surface area contributed by atoms with Gasteiger partial charge >= 0.3 is 0 Å². The monoisotopic (exact) mass is 481 g/mol. The number of hydrogen-bond donors (Lipinski definition) is 1. The normalized spacial score (nSPS) is 15.5. The molecule has 0 saturated heterocycles. The Bertz CT molecular complexity index is 1250. The third kappa shape index (κ3) is 3.04. The number of anilines is 1. The Balaban J connectivity index is 1.74. The average molecular weight is 483 g/mol. The van der Waals surface area contributed by atoms with Crippen LogP contribution in [-0.2, 0) is 0 Å². The van der Waals surface area contributed by atoms with E-state index in [2.05, 4.69) is 26.1 Å². The second kappa shape index (κ2) is 7.38. The Morgan fingerprint density at radius 1 is 1.00 bits per heavy atom. The molecule has 0 saturated carbocycles. The van der Waals surface area contributed by atoms with Gasteiger partial charge < -0.3 is 0 Å². The molecule has 0 aliphatic carbocycles. The highest BCUT2D eigenvalue weighted by molar-refractivity contribution is 9.10. The third-order valence-corrected chi connectivity index (χ3v) is 5.97. The number of aromatic nitrogens is 2. The van der Waals surface area contributed by atoms with Crippen LogP contribution in [0.15, 0.2) is 77.3 Å². The predicted molar refractivity (Wildman–Crippen MR) is 118 cm³/mol. The molecule has 3 aromatic carbocycles. The molecule has 5 rings (SSSR count). The highest BCUT2D eigenvalue weighted by atomic mass is 79.9. The number of nitrogens with one attached hydrogen (secondary N) is 1. The van der Waals surface area contributed by atoms with Gasteiger partial charge in [0.2, 0.25) is 0 Å². The van der Waals surface area contributed by atoms with Crippen molar-refractivity contribution in [3.8, 4) is 11.3 Å². The summed E-state index contributed by atoms with van der Waals surface area (Å²) in [5, 5.41) is 7.84. The Hall–Kier alpha value is -2.96. The molecule has 0 spiro atoms. The second-order valence-corrected chi connectivity index (χ2v) is 8.30. The minimum Gasteiger partial charge on any atom is -0.295 e. The summed E-state index contributed by atoms with van der Waals surface area (Å²) < 4.78 is 15.8. The van der Waals surface area contributed by atoms with Gasteiger partial charge in [0.25, 0.3) is 5.91 Å². The van der Waals surface area contributed by atoms with Crippen LogP contribution in [0.25, 0.3) is 11.3 Å². The number of rotatable bonds is 3. The molecule has 1 amide bonds. The van der Waals surface area contributed by atoms with Crippen LogP contribution >= 0.6 is 27.5 Å². The minimum atomic E-state index is -0.660. The lowest BCUT2D eigenvalue weighted by Gasteiger charge is -2.26. The summed E-state index contributed by atoms with van der Waals surface area (Å²) in [6.07, 6.45) is 0. The van der Waals surface area contributed by atoms with E-state index in [1.807, 2.05) is 24.3 Å². The minimum absolute atomic E-state index is 0.267. The molecule has 0 radical (unpaired) electrons. The quantitative estimate of drug-likeness (QED) is 0.368. The fourth-order valence-corrected chi connectivity index (χ4v) is 4.22. The molecule has 4 nitrogen and oxygen atoms in total. The Morgan fingerprint density at radius 2 is 1.70 bits per heavy atom. The standard InChI is InChI=1S/C23H14BrClFN3O/c24-14-7-5-13(6-8-14)20-19-21(28-27-20)23(30)29(16-11-9-15(25)10-12-16)22(19)17-3-1-2-4-18(17)26/h1-12,22H,(H,27,28). The smallest absolute Gasteiger partial charge is 0.277 e. The lowest BCUT2D eigenvalue weighted by molar-refractivity contribution is 0.0988. The number of H-pyrrole nitrogens is 1. The van der Waals surface area contributed by atoms with Crippen molar-refractivity contribution in [2.24, 2.45) is 0 Å². The SMILES string of the molecule is O=C1c2[nH]nc(-c3ccc(Br)cc3)c2C(c2ccccc2F)N1c1ccc(Cl)cc1. The second-order valence-electron chi connectivity index (χ2n) is 6.94. The molecule has 1 atom stereocenters. The van der Waals surface area contributed by atoms with Crippen LogP contribution in [0.5, 0.6) is 0 Å². The van der Waals surface area contributed by atoms with E-state index in [1.165, 1.54) is 6.07 Å². The molecule has 1 unspecified atom stereocenters. The van der Waals surface area contributed by atoms with Crippen LogP contribution in [0.4, 0.5) is 10.1 Å². The zero-order valence-electron chi connectivity index (χ0n) is 15.4. The maximum Gasteiger partial charge on any atom is 0.277 e. The summed E-state index contributed by atoms with van der Waals surface area (Å²) >= 11 is 9.47. The topological polar surface area (TPSA) is 49.0 Å². The average Bonchev–Trinajstić information content (AvgIpc) is 3.29. The van der Waals surface area contributed by atoms with E-state index in [0.29, 0.717) is 33.2 Å². The van der Waals surface area contributed by atoms with E-state index in [1.54, 1.807) is 47.4 Å². The molecule has 1 aromatic heterocycles. The number of aromatic amines is 1. The lowest BCUT2D eigenvalue weighted by atomic mass is 9.95. The molecule has 1 aliphatic rings. The lowest BCUT2D eigenvalue weighted by Crippen LogP contribution is -2.29. The van der Waals surface area contributed by atoms with Gasteiger partial charge in [0.15, 0.2) is 0 Å². The van der Waals surface area contributed by atoms with Gasteiger partial charge in [-0.05, 0) is 42.5 Å². The molecule has 2 heterocycles. The largest absolute Gasteiger partial charge is 0.295 e. The number of carbonyl (C=O) groups excluding carboxylic acids is 1. The predicted octanol–water partition coefficient (Wildman–Crippen LogP) is 6.38. The Labute approximate surface area is 185 Å². The molecule has 4 aromatic rings. The van der Waals surface area contributed by atoms with Crippen molar-refractivity contribution < 1.29 is 9.18 Å². The van der Waals surface area contributed by atoms with Crippen LogP contribution < -0.4 is 4.90 Å². The summed E-state index contributed by atoms with van der Waals surface area (Å²) in [6.45, 7) is 0. The van der Waals surface area contributed by atoms with Crippen LogP contribution in [0, 0.1) is 5.82 Å². The number of hydrogen-bond acceptors (Lipinski definition) is 2. The van der Waals surface area contributed by atoms with Gasteiger partial charge in [-0.1, -0.05) is 57.9 Å². The van der Waals surface area contributed by atoms with E-state index in [0.717, 1.165) is 10.0 Å². The van der Waals surface area contributed by atoms with E-state index in [9.17, 15) is 9.18 Å². The van der Waals surface area contributed by atoms with Crippen molar-refractivity contribution >= 4 is 39.1 Å². The van der Waals surface area contributed by atoms with Crippen LogP contribution in [0.3, 0.4) is 0 Å². The van der Waals surface area contributed by atoms with Crippen LogP contribution in [-0.4, -0.2) is 16.1 Å². The maximum absolute atomic E-state index is 14.9. The highest BCUT2D eigenvalue weighted by Crippen LogP contribution is 2.45. The number of carbonyl (C=O) groups is 1. The molecular weight excluding hydrogens is 469 g/mol. The van der Waals surface area contributed by atoms with Crippen LogP contribution in [0.2, 0.25) is 5.02 Å². The van der Waals surface area contributed by atoms with E-state index < -0.39 is 6.04 Å². The van der Waals surface area contributed by atoms with Crippen molar-refractivity contribution in [3.05, 3.63) is 105 Å². The number of fused-ring (bicyclic) bond motifs is 1. The highest BCUT2D eigenvalue weighted by Gasteiger charge is 2.44. The van der Waals surface area contributed by atoms with Gasteiger partial charge in [-0.2, -0.15) is 5.10 Å². The molecule has 30 heavy (non-hydrogen) atoms. The first kappa shape index (κ1) is 19.0. The number of benzene rings is 3. The molecule has 0 bridgehead atoms. The fraction of sp³-hybridized carbons (Fsp3) is 0.0435. The first-order chi connectivity index (χ1) is 14.5. The maximum atomic E-state index is 14.9. The Kier molecular flexibility index (Phi) is 4.68. The van der Waals surface area contributed by atoms with Crippen molar-refractivity contribution in [2.75, 3.05) is 4.90 Å². The summed E-state index contributed by atoms with van der Waals surface area (Å²) in [7, 11) is 0. The van der Waals surface area contributed by atoms with Gasteiger partial charge in [0, 0.05) is 31.9 Å². The van der Waals surface area contributed by atoms with E-state index in [4.69, 9.17) is 11.6 Å². The van der Waals surface area contributed by atoms with Gasteiger partial charge in [0.1, 0.15) is 11.5 Å². The molecule has 148 valence electrons. The van der Waals surface area contributed by atoms with Gasteiger partial charge in [0.05, 0.1) is 11.7 Å². The van der Waals surface area contributed by atoms with Crippen molar-refractivity contribution in [1.82, 2.24) is 10.2 Å². The molecule has 1 aliphatic heterocycles. The molecule has 1 N–H and O–H groups in total. The van der Waals surface area contributed by atoms with Crippen molar-refractivity contribution in [3.63, 3.8) is 0 Å². The molecule has 0 fully saturated rings. The Morgan fingerprint density at radius 3 is 2.40 bits per heavy atom. The molecule has 7 heteroatoms. The third-order valence-electron chi connectivity index (χ3n) is 5.19. The van der Waals surface area contributed by atoms with Crippen molar-refractivity contribution in [2.45, 2.75) is 6.04 Å². The summed E-state index contributed by atoms with van der Waals surface area (Å²) in [4.78, 5) is 15.0. The summed E-state index contributed by atoms with van der Waals surface area (Å²) in [5.41, 5.74) is 3.50. The van der Waals surface area contributed by atoms with Crippen molar-refractivity contribution in [1.29, 1.82) is 0 Å². The zero-order valence-corrected chi connectivity index (χ0v) is 17.8. The fourth-order valence-electron chi connectivity index (χ4n) is 3.83. The van der Waals surface area contributed by atoms with Gasteiger partial charge in [-0.25, -0.2) is 4.39 Å². The number of halogens is 3.